The summed E-state index contributed by atoms with van der Waals surface area (Å²) in [6, 6.07) is 7.17. The molecule has 1 saturated heterocycles. The first-order valence-corrected chi connectivity index (χ1v) is 7.31. The summed E-state index contributed by atoms with van der Waals surface area (Å²) >= 11 is 5.85. The van der Waals surface area contributed by atoms with Crippen LogP contribution in [0.25, 0.3) is 5.69 Å². The van der Waals surface area contributed by atoms with Crippen LogP contribution in [-0.4, -0.2) is 39.6 Å². The van der Waals surface area contributed by atoms with Crippen molar-refractivity contribution in [3.8, 4) is 5.69 Å². The van der Waals surface area contributed by atoms with Gasteiger partial charge in [0.05, 0.1) is 23.4 Å². The lowest BCUT2D eigenvalue weighted by Gasteiger charge is -2.14. The number of nitrogens with two attached hydrogens (primary N) is 1. The maximum Gasteiger partial charge on any atom is 0.257 e. The van der Waals surface area contributed by atoms with Gasteiger partial charge in [-0.2, -0.15) is 5.10 Å². The molecule has 1 aromatic heterocycles. The molecular formula is C15H15ClN4O2. The smallest absolute Gasteiger partial charge is 0.257 e. The number of carbonyl (C=O) groups excluding carboxylic acids is 2. The van der Waals surface area contributed by atoms with Crippen molar-refractivity contribution in [2.75, 3.05) is 13.1 Å². The van der Waals surface area contributed by atoms with Crippen LogP contribution in [0.15, 0.2) is 36.7 Å². The average molecular weight is 319 g/mol. The molecule has 7 heteroatoms. The fourth-order valence-electron chi connectivity index (χ4n) is 2.53. The number of primary amides is 1. The standard InChI is InChI=1S/C15H15ClN4O2/c16-12-1-3-13(4-2-12)20-9-11(7-18-20)15(22)19-6-5-10(8-19)14(17)21/h1-4,7,9-10H,5-6,8H2,(H2,17,21)/t10-/m0/s1. The highest BCUT2D eigenvalue weighted by atomic mass is 35.5. The highest BCUT2D eigenvalue weighted by Crippen LogP contribution is 2.19. The summed E-state index contributed by atoms with van der Waals surface area (Å²) < 4.78 is 1.62. The second-order valence-electron chi connectivity index (χ2n) is 5.29. The van der Waals surface area contributed by atoms with Gasteiger partial charge < -0.3 is 10.6 Å². The van der Waals surface area contributed by atoms with Gasteiger partial charge in [-0.05, 0) is 30.7 Å². The lowest BCUT2D eigenvalue weighted by Crippen LogP contribution is -2.31. The van der Waals surface area contributed by atoms with Gasteiger partial charge in [-0.3, -0.25) is 9.59 Å². The summed E-state index contributed by atoms with van der Waals surface area (Å²) in [7, 11) is 0. The van der Waals surface area contributed by atoms with Crippen LogP contribution in [-0.2, 0) is 4.79 Å². The monoisotopic (exact) mass is 318 g/mol. The Bertz CT molecular complexity index is 711. The summed E-state index contributed by atoms with van der Waals surface area (Å²) in [5.41, 5.74) is 6.59. The topological polar surface area (TPSA) is 81.2 Å². The number of halogens is 1. The molecule has 2 N–H and O–H groups in total. The van der Waals surface area contributed by atoms with Gasteiger partial charge in [0.15, 0.2) is 0 Å². The Morgan fingerprint density at radius 3 is 2.64 bits per heavy atom. The minimum absolute atomic E-state index is 0.135. The first kappa shape index (κ1) is 14.6. The number of rotatable bonds is 3. The lowest BCUT2D eigenvalue weighted by molar-refractivity contribution is -0.121. The Morgan fingerprint density at radius 1 is 1.27 bits per heavy atom. The number of hydrogen-bond acceptors (Lipinski definition) is 3. The summed E-state index contributed by atoms with van der Waals surface area (Å²) in [5.74, 6) is -0.744. The van der Waals surface area contributed by atoms with Crippen molar-refractivity contribution in [2.45, 2.75) is 6.42 Å². The van der Waals surface area contributed by atoms with Crippen LogP contribution in [0.1, 0.15) is 16.8 Å². The maximum absolute atomic E-state index is 12.4. The third kappa shape index (κ3) is 2.82. The van der Waals surface area contributed by atoms with E-state index in [1.54, 1.807) is 27.9 Å². The molecule has 0 saturated carbocycles. The van der Waals surface area contributed by atoms with Crippen LogP contribution < -0.4 is 5.73 Å². The normalized spacial score (nSPS) is 17.7. The molecule has 1 aromatic carbocycles. The molecule has 3 rings (SSSR count). The fraction of sp³-hybridized carbons (Fsp3) is 0.267. The van der Waals surface area contributed by atoms with Crippen molar-refractivity contribution in [3.63, 3.8) is 0 Å². The van der Waals surface area contributed by atoms with E-state index in [2.05, 4.69) is 5.10 Å². The van der Waals surface area contributed by atoms with Gasteiger partial charge in [0.25, 0.3) is 5.91 Å². The third-order valence-corrected chi connectivity index (χ3v) is 4.05. The van der Waals surface area contributed by atoms with Gasteiger partial charge in [0.2, 0.25) is 5.91 Å². The quantitative estimate of drug-likeness (QED) is 0.930. The van der Waals surface area contributed by atoms with Crippen molar-refractivity contribution < 1.29 is 9.59 Å². The SMILES string of the molecule is NC(=O)[C@H]1CCN(C(=O)c2cnn(-c3ccc(Cl)cc3)c2)C1. The van der Waals surface area contributed by atoms with E-state index in [9.17, 15) is 9.59 Å². The average Bonchev–Trinajstić information content (AvgIpc) is 3.17. The van der Waals surface area contributed by atoms with E-state index in [4.69, 9.17) is 17.3 Å². The fourth-order valence-corrected chi connectivity index (χ4v) is 2.65. The van der Waals surface area contributed by atoms with E-state index >= 15 is 0 Å². The van der Waals surface area contributed by atoms with Crippen LogP contribution in [0.5, 0.6) is 0 Å². The van der Waals surface area contributed by atoms with E-state index < -0.39 is 0 Å². The molecule has 1 aliphatic rings. The van der Waals surface area contributed by atoms with E-state index in [0.717, 1.165) is 5.69 Å². The van der Waals surface area contributed by atoms with Crippen LogP contribution in [0.2, 0.25) is 5.02 Å². The number of carbonyl (C=O) groups is 2. The molecule has 2 heterocycles. The van der Waals surface area contributed by atoms with E-state index in [-0.39, 0.29) is 17.7 Å². The minimum atomic E-state index is -0.354. The Kier molecular flexibility index (Phi) is 3.85. The summed E-state index contributed by atoms with van der Waals surface area (Å²) in [6.45, 7) is 0.916. The predicted molar refractivity (Wildman–Crippen MR) is 81.8 cm³/mol. The van der Waals surface area contributed by atoms with Crippen molar-refractivity contribution in [1.29, 1.82) is 0 Å². The molecule has 0 aliphatic carbocycles. The highest BCUT2D eigenvalue weighted by Gasteiger charge is 2.30. The zero-order valence-electron chi connectivity index (χ0n) is 11.8. The molecule has 6 nitrogen and oxygen atoms in total. The van der Waals surface area contributed by atoms with Gasteiger partial charge in [-0.15, -0.1) is 0 Å². The van der Waals surface area contributed by atoms with Crippen molar-refractivity contribution in [2.24, 2.45) is 11.7 Å². The van der Waals surface area contributed by atoms with E-state index in [1.165, 1.54) is 6.20 Å². The molecule has 2 amide bonds. The van der Waals surface area contributed by atoms with Gasteiger partial charge in [-0.1, -0.05) is 11.6 Å². The van der Waals surface area contributed by atoms with Gasteiger partial charge in [-0.25, -0.2) is 4.68 Å². The maximum atomic E-state index is 12.4. The number of hydrogen-bond donors (Lipinski definition) is 1. The number of benzene rings is 1. The van der Waals surface area contributed by atoms with Crippen LogP contribution in [0.3, 0.4) is 0 Å². The number of nitrogens with zero attached hydrogens (tertiary/aromatic N) is 3. The number of amides is 2. The van der Waals surface area contributed by atoms with Crippen molar-refractivity contribution in [3.05, 3.63) is 47.2 Å². The first-order chi connectivity index (χ1) is 10.5. The van der Waals surface area contributed by atoms with Crippen LogP contribution in [0, 0.1) is 5.92 Å². The Morgan fingerprint density at radius 2 is 2.00 bits per heavy atom. The van der Waals surface area contributed by atoms with Gasteiger partial charge in [0.1, 0.15) is 0 Å². The Labute approximate surface area is 132 Å². The molecule has 114 valence electrons. The summed E-state index contributed by atoms with van der Waals surface area (Å²) in [6.07, 6.45) is 3.81. The van der Waals surface area contributed by atoms with Gasteiger partial charge in [0, 0.05) is 24.3 Å². The number of likely N-dealkylation sites (tertiary alicyclic amines) is 1. The van der Waals surface area contributed by atoms with Crippen molar-refractivity contribution >= 4 is 23.4 Å². The Balaban J connectivity index is 1.75. The molecule has 2 aromatic rings. The van der Waals surface area contributed by atoms with Gasteiger partial charge >= 0.3 is 0 Å². The zero-order chi connectivity index (χ0) is 15.7. The molecule has 0 bridgehead atoms. The zero-order valence-corrected chi connectivity index (χ0v) is 12.5. The van der Waals surface area contributed by atoms with E-state index in [0.29, 0.717) is 30.1 Å². The molecule has 0 radical (unpaired) electrons. The van der Waals surface area contributed by atoms with E-state index in [1.807, 2.05) is 12.1 Å². The molecule has 1 aliphatic heterocycles. The first-order valence-electron chi connectivity index (χ1n) is 6.94. The lowest BCUT2D eigenvalue weighted by atomic mass is 10.1. The molecule has 1 atom stereocenters. The summed E-state index contributed by atoms with van der Waals surface area (Å²) in [5, 5.41) is 4.84. The molecule has 22 heavy (non-hydrogen) atoms. The number of aromatic nitrogens is 2. The highest BCUT2D eigenvalue weighted by molar-refractivity contribution is 6.30. The Hall–Kier alpha value is -2.34. The molecule has 0 spiro atoms. The third-order valence-electron chi connectivity index (χ3n) is 3.80. The van der Waals surface area contributed by atoms with Crippen molar-refractivity contribution in [1.82, 2.24) is 14.7 Å². The second kappa shape index (κ2) is 5.81. The molecule has 1 fully saturated rings. The molecular weight excluding hydrogens is 304 g/mol. The largest absolute Gasteiger partial charge is 0.369 e. The predicted octanol–water partition coefficient (Wildman–Crippen LogP) is 1.47. The second-order valence-corrected chi connectivity index (χ2v) is 5.73. The molecule has 0 unspecified atom stereocenters. The van der Waals surface area contributed by atoms with Crippen LogP contribution >= 0.6 is 11.6 Å². The van der Waals surface area contributed by atoms with Crippen LogP contribution in [0.4, 0.5) is 0 Å². The summed E-state index contributed by atoms with van der Waals surface area (Å²) in [4.78, 5) is 25.2. The minimum Gasteiger partial charge on any atom is -0.369 e.